The predicted octanol–water partition coefficient (Wildman–Crippen LogP) is 2.03. The summed E-state index contributed by atoms with van der Waals surface area (Å²) in [5.41, 5.74) is 0.0576. The van der Waals surface area contributed by atoms with Crippen molar-refractivity contribution in [2.75, 3.05) is 6.54 Å². The van der Waals surface area contributed by atoms with Crippen molar-refractivity contribution in [1.29, 1.82) is 0 Å². The molecule has 0 spiro atoms. The Bertz CT molecular complexity index is 324. The van der Waals surface area contributed by atoms with Crippen molar-refractivity contribution in [2.45, 2.75) is 38.8 Å². The Morgan fingerprint density at radius 1 is 1.56 bits per heavy atom. The molecule has 0 saturated carbocycles. The van der Waals surface area contributed by atoms with Crippen LogP contribution in [-0.4, -0.2) is 22.2 Å². The Morgan fingerprint density at radius 2 is 2.25 bits per heavy atom. The summed E-state index contributed by atoms with van der Waals surface area (Å²) in [6, 6.07) is 3.03. The second-order valence-corrected chi connectivity index (χ2v) is 4.35. The second kappa shape index (κ2) is 5.37. The van der Waals surface area contributed by atoms with E-state index >= 15 is 0 Å². The Hall–Kier alpha value is -1.00. The monoisotopic (exact) mass is 226 g/mol. The Balaban J connectivity index is 2.53. The Kier molecular flexibility index (Phi) is 4.38. The van der Waals surface area contributed by atoms with Gasteiger partial charge in [0.2, 0.25) is 0 Å². The molecule has 1 aromatic heterocycles. The van der Waals surface area contributed by atoms with E-state index in [1.165, 1.54) is 12.3 Å². The van der Waals surface area contributed by atoms with Gasteiger partial charge in [-0.1, -0.05) is 6.92 Å². The Labute approximate surface area is 95.7 Å². The first-order chi connectivity index (χ1) is 7.44. The maximum absolute atomic E-state index is 12.7. The lowest BCUT2D eigenvalue weighted by Gasteiger charge is -2.24. The molecule has 1 heterocycles. The molecule has 0 fully saturated rings. The summed E-state index contributed by atoms with van der Waals surface area (Å²) >= 11 is 0. The minimum absolute atomic E-state index is 0.00127. The maximum Gasteiger partial charge on any atom is 0.141 e. The van der Waals surface area contributed by atoms with Gasteiger partial charge < -0.3 is 10.4 Å². The number of halogens is 1. The summed E-state index contributed by atoms with van der Waals surface area (Å²) in [5.74, 6) is -0.337. The first-order valence-electron chi connectivity index (χ1n) is 5.52. The van der Waals surface area contributed by atoms with Crippen molar-refractivity contribution >= 4 is 0 Å². The SMILES string of the molecule is CCC(C)(O)CNC(C)c1ccc(F)cn1. The topological polar surface area (TPSA) is 45.1 Å². The largest absolute Gasteiger partial charge is 0.389 e. The van der Waals surface area contributed by atoms with Crippen LogP contribution in [0.25, 0.3) is 0 Å². The van der Waals surface area contributed by atoms with E-state index in [9.17, 15) is 9.50 Å². The van der Waals surface area contributed by atoms with Gasteiger partial charge >= 0.3 is 0 Å². The van der Waals surface area contributed by atoms with Crippen LogP contribution < -0.4 is 5.32 Å². The number of aromatic nitrogens is 1. The molecule has 1 aromatic rings. The third-order valence-corrected chi connectivity index (χ3v) is 2.74. The Morgan fingerprint density at radius 3 is 2.75 bits per heavy atom. The van der Waals surface area contributed by atoms with E-state index in [2.05, 4.69) is 10.3 Å². The third kappa shape index (κ3) is 3.87. The van der Waals surface area contributed by atoms with Crippen molar-refractivity contribution in [1.82, 2.24) is 10.3 Å². The summed E-state index contributed by atoms with van der Waals surface area (Å²) in [6.45, 7) is 6.14. The van der Waals surface area contributed by atoms with Crippen molar-refractivity contribution in [3.05, 3.63) is 29.8 Å². The zero-order valence-corrected chi connectivity index (χ0v) is 10.00. The smallest absolute Gasteiger partial charge is 0.141 e. The number of nitrogens with zero attached hydrogens (tertiary/aromatic N) is 1. The molecule has 0 bridgehead atoms. The van der Waals surface area contributed by atoms with Gasteiger partial charge in [0.25, 0.3) is 0 Å². The molecule has 1 rings (SSSR count). The molecule has 0 amide bonds. The highest BCUT2D eigenvalue weighted by molar-refractivity contribution is 5.09. The van der Waals surface area contributed by atoms with E-state index in [-0.39, 0.29) is 11.9 Å². The van der Waals surface area contributed by atoms with Crippen LogP contribution in [0.3, 0.4) is 0 Å². The van der Waals surface area contributed by atoms with Gasteiger partial charge in [-0.2, -0.15) is 0 Å². The number of hydrogen-bond acceptors (Lipinski definition) is 3. The van der Waals surface area contributed by atoms with E-state index < -0.39 is 5.60 Å². The van der Waals surface area contributed by atoms with E-state index in [1.807, 2.05) is 13.8 Å². The standard InChI is InChI=1S/C12H19FN2O/c1-4-12(3,16)8-15-9(2)11-6-5-10(13)7-14-11/h5-7,9,15-16H,4,8H2,1-3H3. The number of nitrogens with one attached hydrogen (secondary N) is 1. The van der Waals surface area contributed by atoms with Gasteiger partial charge in [0.15, 0.2) is 0 Å². The highest BCUT2D eigenvalue weighted by Gasteiger charge is 2.18. The summed E-state index contributed by atoms with van der Waals surface area (Å²) in [5, 5.41) is 13.0. The van der Waals surface area contributed by atoms with Crippen LogP contribution in [0.2, 0.25) is 0 Å². The summed E-state index contributed by atoms with van der Waals surface area (Å²) < 4.78 is 12.7. The van der Waals surface area contributed by atoms with Crippen LogP contribution in [0.1, 0.15) is 38.9 Å². The van der Waals surface area contributed by atoms with Gasteiger partial charge in [0.05, 0.1) is 17.5 Å². The van der Waals surface area contributed by atoms with Gasteiger partial charge in [0.1, 0.15) is 5.82 Å². The number of rotatable bonds is 5. The highest BCUT2D eigenvalue weighted by Crippen LogP contribution is 2.12. The quantitative estimate of drug-likeness (QED) is 0.807. The number of hydrogen-bond donors (Lipinski definition) is 2. The van der Waals surface area contributed by atoms with Gasteiger partial charge in [-0.15, -0.1) is 0 Å². The van der Waals surface area contributed by atoms with Crippen LogP contribution in [0.15, 0.2) is 18.3 Å². The lowest BCUT2D eigenvalue weighted by molar-refractivity contribution is 0.0532. The van der Waals surface area contributed by atoms with Crippen LogP contribution in [-0.2, 0) is 0 Å². The number of pyridine rings is 1. The van der Waals surface area contributed by atoms with Crippen molar-refractivity contribution < 1.29 is 9.50 Å². The van der Waals surface area contributed by atoms with Gasteiger partial charge in [-0.05, 0) is 32.4 Å². The van der Waals surface area contributed by atoms with Gasteiger partial charge in [-0.3, -0.25) is 4.98 Å². The molecular formula is C12H19FN2O. The lowest BCUT2D eigenvalue weighted by Crippen LogP contribution is -2.38. The van der Waals surface area contributed by atoms with Crippen molar-refractivity contribution in [3.8, 4) is 0 Å². The molecule has 0 aliphatic heterocycles. The minimum atomic E-state index is -0.714. The molecule has 0 aromatic carbocycles. The zero-order valence-electron chi connectivity index (χ0n) is 10.00. The van der Waals surface area contributed by atoms with Gasteiger partial charge in [0, 0.05) is 12.6 Å². The third-order valence-electron chi connectivity index (χ3n) is 2.74. The molecule has 16 heavy (non-hydrogen) atoms. The average Bonchev–Trinajstić information content (AvgIpc) is 2.27. The summed E-state index contributed by atoms with van der Waals surface area (Å²) in [7, 11) is 0. The molecule has 4 heteroatoms. The molecule has 90 valence electrons. The molecule has 0 aliphatic carbocycles. The van der Waals surface area contributed by atoms with E-state index in [0.29, 0.717) is 13.0 Å². The maximum atomic E-state index is 12.7. The van der Waals surface area contributed by atoms with Crippen LogP contribution in [0.5, 0.6) is 0 Å². The van der Waals surface area contributed by atoms with Crippen LogP contribution in [0, 0.1) is 5.82 Å². The average molecular weight is 226 g/mol. The van der Waals surface area contributed by atoms with Gasteiger partial charge in [-0.25, -0.2) is 4.39 Å². The lowest BCUT2D eigenvalue weighted by atomic mass is 10.0. The zero-order chi connectivity index (χ0) is 12.2. The van der Waals surface area contributed by atoms with Crippen LogP contribution in [0.4, 0.5) is 4.39 Å². The molecule has 2 N–H and O–H groups in total. The van der Waals surface area contributed by atoms with E-state index in [0.717, 1.165) is 5.69 Å². The minimum Gasteiger partial charge on any atom is -0.389 e. The molecule has 0 aliphatic rings. The second-order valence-electron chi connectivity index (χ2n) is 4.35. The fraction of sp³-hybridized carbons (Fsp3) is 0.583. The first kappa shape index (κ1) is 13.1. The molecule has 0 radical (unpaired) electrons. The molecule has 2 unspecified atom stereocenters. The predicted molar refractivity (Wildman–Crippen MR) is 61.5 cm³/mol. The number of aliphatic hydroxyl groups is 1. The molecular weight excluding hydrogens is 207 g/mol. The van der Waals surface area contributed by atoms with Crippen molar-refractivity contribution in [3.63, 3.8) is 0 Å². The van der Waals surface area contributed by atoms with Crippen molar-refractivity contribution in [2.24, 2.45) is 0 Å². The summed E-state index contributed by atoms with van der Waals surface area (Å²) in [4.78, 5) is 3.99. The first-order valence-corrected chi connectivity index (χ1v) is 5.52. The highest BCUT2D eigenvalue weighted by atomic mass is 19.1. The fourth-order valence-corrected chi connectivity index (χ4v) is 1.25. The van der Waals surface area contributed by atoms with Crippen LogP contribution >= 0.6 is 0 Å². The normalized spacial score (nSPS) is 16.8. The van der Waals surface area contributed by atoms with E-state index in [1.54, 1.807) is 13.0 Å². The molecule has 3 nitrogen and oxygen atoms in total. The van der Waals surface area contributed by atoms with E-state index in [4.69, 9.17) is 0 Å². The molecule has 0 saturated heterocycles. The fourth-order valence-electron chi connectivity index (χ4n) is 1.25. The summed E-state index contributed by atoms with van der Waals surface area (Å²) in [6.07, 6.45) is 1.88. The molecule has 2 atom stereocenters.